The average Bonchev–Trinajstić information content (AvgIpc) is 2.54. The van der Waals surface area contributed by atoms with Crippen molar-refractivity contribution in [2.45, 2.75) is 11.8 Å². The molecule has 0 radical (unpaired) electrons. The van der Waals surface area contributed by atoms with Gasteiger partial charge in [0.15, 0.2) is 0 Å². The number of carbonyl (C=O) groups excluding carboxylic acids is 1. The van der Waals surface area contributed by atoms with Gasteiger partial charge in [-0.2, -0.15) is 0 Å². The second-order valence-electron chi connectivity index (χ2n) is 5.55. The maximum Gasteiger partial charge on any atom is 0.248 e. The van der Waals surface area contributed by atoms with Gasteiger partial charge >= 0.3 is 0 Å². The van der Waals surface area contributed by atoms with E-state index in [0.717, 1.165) is 15.4 Å². The molecule has 126 valence electrons. The lowest BCUT2D eigenvalue weighted by atomic mass is 10.1. The van der Waals surface area contributed by atoms with Gasteiger partial charge in [-0.05, 0) is 36.8 Å². The zero-order valence-electron chi connectivity index (χ0n) is 13.9. The van der Waals surface area contributed by atoms with E-state index in [9.17, 15) is 13.2 Å². The molecule has 0 heterocycles. The summed E-state index contributed by atoms with van der Waals surface area (Å²) >= 11 is 0. The van der Waals surface area contributed by atoms with Crippen molar-refractivity contribution in [2.75, 3.05) is 19.4 Å². The van der Waals surface area contributed by atoms with Gasteiger partial charge in [0.25, 0.3) is 0 Å². The van der Waals surface area contributed by atoms with Gasteiger partial charge in [0.2, 0.25) is 15.9 Å². The molecule has 0 spiro atoms. The fourth-order valence-corrected chi connectivity index (χ4v) is 2.93. The third-order valence-electron chi connectivity index (χ3n) is 3.38. The Hall–Kier alpha value is -2.44. The molecule has 0 aliphatic rings. The van der Waals surface area contributed by atoms with Gasteiger partial charge in [-0.1, -0.05) is 35.9 Å². The normalized spacial score (nSPS) is 11.8. The van der Waals surface area contributed by atoms with Crippen LogP contribution in [-0.2, 0) is 14.8 Å². The molecule has 2 aromatic rings. The maximum absolute atomic E-state index is 12.1. The Morgan fingerprint density at radius 3 is 2.38 bits per heavy atom. The molecule has 0 saturated carbocycles. The number of nitrogens with one attached hydrogen (secondary N) is 1. The molecule has 0 fully saturated rings. The van der Waals surface area contributed by atoms with Crippen LogP contribution in [0.1, 0.15) is 11.1 Å². The van der Waals surface area contributed by atoms with Crippen LogP contribution in [0.3, 0.4) is 0 Å². The smallest absolute Gasteiger partial charge is 0.248 e. The van der Waals surface area contributed by atoms with E-state index in [2.05, 4.69) is 5.32 Å². The molecule has 2 aromatic carbocycles. The zero-order chi connectivity index (χ0) is 17.7. The summed E-state index contributed by atoms with van der Waals surface area (Å²) < 4.78 is 25.3. The number of benzene rings is 2. The van der Waals surface area contributed by atoms with Crippen molar-refractivity contribution < 1.29 is 13.2 Å². The first-order chi connectivity index (χ1) is 11.3. The van der Waals surface area contributed by atoms with Crippen LogP contribution in [0.15, 0.2) is 59.5 Å². The highest BCUT2D eigenvalue weighted by atomic mass is 32.2. The monoisotopic (exact) mass is 344 g/mol. The number of amides is 1. The largest absolute Gasteiger partial charge is 0.322 e. The molecule has 1 N–H and O–H groups in total. The minimum absolute atomic E-state index is 0.132. The van der Waals surface area contributed by atoms with Crippen molar-refractivity contribution >= 4 is 27.7 Å². The van der Waals surface area contributed by atoms with E-state index in [1.54, 1.807) is 18.2 Å². The second kappa shape index (κ2) is 7.42. The fraction of sp³-hybridized carbons (Fsp3) is 0.167. The summed E-state index contributed by atoms with van der Waals surface area (Å²) in [5, 5.41) is 2.67. The predicted octanol–water partition coefficient (Wildman–Crippen LogP) is 2.90. The predicted molar refractivity (Wildman–Crippen MR) is 96.2 cm³/mol. The lowest BCUT2D eigenvalue weighted by Crippen LogP contribution is -2.22. The third kappa shape index (κ3) is 4.53. The number of rotatable bonds is 5. The van der Waals surface area contributed by atoms with Gasteiger partial charge in [-0.15, -0.1) is 0 Å². The van der Waals surface area contributed by atoms with Crippen LogP contribution in [0.4, 0.5) is 5.69 Å². The molecule has 1 amide bonds. The molecule has 0 atom stereocenters. The lowest BCUT2D eigenvalue weighted by Gasteiger charge is -2.12. The van der Waals surface area contributed by atoms with E-state index in [1.165, 1.54) is 32.3 Å². The van der Waals surface area contributed by atoms with Crippen molar-refractivity contribution in [3.05, 3.63) is 65.7 Å². The van der Waals surface area contributed by atoms with E-state index < -0.39 is 10.0 Å². The SMILES string of the molecule is Cc1ccc(/C=C/C(=O)Nc2cccc(S(=O)(=O)N(C)C)c2)cc1. The fourth-order valence-electron chi connectivity index (χ4n) is 1.98. The Morgan fingerprint density at radius 2 is 1.75 bits per heavy atom. The van der Waals surface area contributed by atoms with Crippen LogP contribution in [0, 0.1) is 6.92 Å². The number of carbonyl (C=O) groups is 1. The number of nitrogens with zero attached hydrogens (tertiary/aromatic N) is 1. The molecular formula is C18H20N2O3S. The number of sulfonamides is 1. The van der Waals surface area contributed by atoms with Gasteiger partial charge in [0.05, 0.1) is 4.90 Å². The highest BCUT2D eigenvalue weighted by molar-refractivity contribution is 7.89. The molecule has 0 unspecified atom stereocenters. The Morgan fingerprint density at radius 1 is 1.08 bits per heavy atom. The first kappa shape index (κ1) is 17.9. The maximum atomic E-state index is 12.1. The molecule has 0 bridgehead atoms. The van der Waals surface area contributed by atoms with Crippen LogP contribution < -0.4 is 5.32 Å². The summed E-state index contributed by atoms with van der Waals surface area (Å²) in [6.07, 6.45) is 3.12. The van der Waals surface area contributed by atoms with Crippen LogP contribution in [0.2, 0.25) is 0 Å². The van der Waals surface area contributed by atoms with Gasteiger partial charge in [0.1, 0.15) is 0 Å². The average molecular weight is 344 g/mol. The summed E-state index contributed by atoms with van der Waals surface area (Å²) in [5.41, 5.74) is 2.49. The molecule has 6 heteroatoms. The van der Waals surface area contributed by atoms with Gasteiger partial charge in [-0.25, -0.2) is 12.7 Å². The number of hydrogen-bond donors (Lipinski definition) is 1. The van der Waals surface area contributed by atoms with Crippen molar-refractivity contribution in [1.29, 1.82) is 0 Å². The minimum Gasteiger partial charge on any atom is -0.322 e. The lowest BCUT2D eigenvalue weighted by molar-refractivity contribution is -0.111. The molecule has 2 rings (SSSR count). The number of aryl methyl sites for hydroxylation is 1. The van der Waals surface area contributed by atoms with Gasteiger partial charge < -0.3 is 5.32 Å². The molecule has 0 aliphatic carbocycles. The molecule has 0 saturated heterocycles. The topological polar surface area (TPSA) is 66.5 Å². The van der Waals surface area contributed by atoms with E-state index in [-0.39, 0.29) is 10.8 Å². The zero-order valence-corrected chi connectivity index (χ0v) is 14.7. The first-order valence-electron chi connectivity index (χ1n) is 7.37. The third-order valence-corrected chi connectivity index (χ3v) is 5.20. The van der Waals surface area contributed by atoms with E-state index >= 15 is 0 Å². The second-order valence-corrected chi connectivity index (χ2v) is 7.70. The highest BCUT2D eigenvalue weighted by Gasteiger charge is 2.17. The minimum atomic E-state index is -3.53. The molecule has 5 nitrogen and oxygen atoms in total. The molecule has 24 heavy (non-hydrogen) atoms. The van der Waals surface area contributed by atoms with Crippen molar-refractivity contribution in [3.8, 4) is 0 Å². The Bertz CT molecular complexity index is 854. The Balaban J connectivity index is 2.11. The van der Waals surface area contributed by atoms with Crippen molar-refractivity contribution in [2.24, 2.45) is 0 Å². The summed E-state index contributed by atoms with van der Waals surface area (Å²) in [5.74, 6) is -0.324. The van der Waals surface area contributed by atoms with Gasteiger partial charge in [-0.3, -0.25) is 4.79 Å². The standard InChI is InChI=1S/C18H20N2O3S/c1-14-7-9-15(10-8-14)11-12-18(21)19-16-5-4-6-17(13-16)24(22,23)20(2)3/h4-13H,1-3H3,(H,19,21)/b12-11+. The summed E-state index contributed by atoms with van der Waals surface area (Å²) in [4.78, 5) is 12.1. The summed E-state index contributed by atoms with van der Waals surface area (Å²) in [7, 11) is -0.604. The van der Waals surface area contributed by atoms with Crippen LogP contribution in [0.25, 0.3) is 6.08 Å². The highest BCUT2D eigenvalue weighted by Crippen LogP contribution is 2.18. The summed E-state index contributed by atoms with van der Waals surface area (Å²) in [6, 6.07) is 13.9. The number of anilines is 1. The molecular weight excluding hydrogens is 324 g/mol. The van der Waals surface area contributed by atoms with Crippen LogP contribution in [0.5, 0.6) is 0 Å². The van der Waals surface area contributed by atoms with Crippen LogP contribution in [-0.4, -0.2) is 32.7 Å². The van der Waals surface area contributed by atoms with Crippen LogP contribution >= 0.6 is 0 Å². The van der Waals surface area contributed by atoms with Gasteiger partial charge in [0, 0.05) is 25.9 Å². The first-order valence-corrected chi connectivity index (χ1v) is 8.81. The van der Waals surface area contributed by atoms with E-state index in [4.69, 9.17) is 0 Å². The number of hydrogen-bond acceptors (Lipinski definition) is 3. The Kier molecular flexibility index (Phi) is 5.54. The van der Waals surface area contributed by atoms with Crippen molar-refractivity contribution in [1.82, 2.24) is 4.31 Å². The molecule has 0 aromatic heterocycles. The van der Waals surface area contributed by atoms with E-state index in [0.29, 0.717) is 5.69 Å². The molecule has 0 aliphatic heterocycles. The summed E-state index contributed by atoms with van der Waals surface area (Å²) in [6.45, 7) is 2.00. The van der Waals surface area contributed by atoms with Crippen molar-refractivity contribution in [3.63, 3.8) is 0 Å². The Labute approximate surface area is 142 Å². The van der Waals surface area contributed by atoms with E-state index in [1.807, 2.05) is 31.2 Å². The quantitative estimate of drug-likeness (QED) is 0.848.